The van der Waals surface area contributed by atoms with Crippen molar-refractivity contribution >= 4 is 27.5 Å². The molecule has 3 rings (SSSR count). The summed E-state index contributed by atoms with van der Waals surface area (Å²) in [6.45, 7) is 2.52. The summed E-state index contributed by atoms with van der Waals surface area (Å²) in [4.78, 5) is 24.9. The average Bonchev–Trinajstić information content (AvgIpc) is 2.54. The van der Waals surface area contributed by atoms with Gasteiger partial charge in [0.1, 0.15) is 5.70 Å². The molecule has 0 aliphatic heterocycles. The smallest absolute Gasteiger partial charge is 0.210 e. The third kappa shape index (κ3) is 2.62. The first-order valence-electron chi connectivity index (χ1n) is 6.95. The molecule has 0 atom stereocenters. The van der Waals surface area contributed by atoms with Crippen LogP contribution in [0.25, 0.3) is 0 Å². The van der Waals surface area contributed by atoms with Crippen molar-refractivity contribution in [3.8, 4) is 0 Å². The largest absolute Gasteiger partial charge is 0.377 e. The molecule has 0 heterocycles. The van der Waals surface area contributed by atoms with Crippen LogP contribution in [0.1, 0.15) is 31.8 Å². The normalized spacial score (nSPS) is 14.1. The van der Waals surface area contributed by atoms with E-state index in [2.05, 4.69) is 21.2 Å². The summed E-state index contributed by atoms with van der Waals surface area (Å²) in [5, 5.41) is 3.09. The lowest BCUT2D eigenvalue weighted by molar-refractivity contribution is 0.0975. The highest BCUT2D eigenvalue weighted by atomic mass is 79.9. The summed E-state index contributed by atoms with van der Waals surface area (Å²) in [6.07, 6.45) is 0. The van der Waals surface area contributed by atoms with Crippen molar-refractivity contribution in [2.24, 2.45) is 0 Å². The van der Waals surface area contributed by atoms with Crippen LogP contribution in [0.5, 0.6) is 0 Å². The Morgan fingerprint density at radius 1 is 0.909 bits per heavy atom. The number of carbonyl (C=O) groups is 2. The third-order valence-electron chi connectivity index (χ3n) is 3.65. The fourth-order valence-corrected chi connectivity index (χ4v) is 2.93. The summed E-state index contributed by atoms with van der Waals surface area (Å²) in [6, 6.07) is 14.9. The van der Waals surface area contributed by atoms with E-state index in [1.165, 1.54) is 5.56 Å². The van der Waals surface area contributed by atoms with E-state index in [9.17, 15) is 9.59 Å². The number of ketones is 2. The van der Waals surface area contributed by atoms with Crippen molar-refractivity contribution in [2.75, 3.05) is 0 Å². The number of rotatable bonds is 3. The van der Waals surface area contributed by atoms with Gasteiger partial charge in [-0.25, -0.2) is 0 Å². The predicted octanol–water partition coefficient (Wildman–Crippen LogP) is 3.77. The topological polar surface area (TPSA) is 46.2 Å². The summed E-state index contributed by atoms with van der Waals surface area (Å²) < 4.78 is 0.295. The van der Waals surface area contributed by atoms with Gasteiger partial charge in [-0.15, -0.1) is 0 Å². The van der Waals surface area contributed by atoms with E-state index in [4.69, 9.17) is 0 Å². The lowest BCUT2D eigenvalue weighted by Crippen LogP contribution is -2.28. The van der Waals surface area contributed by atoms with Crippen LogP contribution in [-0.2, 0) is 6.54 Å². The van der Waals surface area contributed by atoms with Crippen molar-refractivity contribution in [3.05, 3.63) is 81.0 Å². The van der Waals surface area contributed by atoms with Crippen LogP contribution in [0.4, 0.5) is 0 Å². The van der Waals surface area contributed by atoms with Crippen LogP contribution in [0.2, 0.25) is 0 Å². The Morgan fingerprint density at radius 2 is 1.50 bits per heavy atom. The highest BCUT2D eigenvalue weighted by Crippen LogP contribution is 2.28. The Balaban J connectivity index is 1.87. The minimum Gasteiger partial charge on any atom is -0.377 e. The van der Waals surface area contributed by atoms with Gasteiger partial charge in [-0.05, 0) is 28.4 Å². The quantitative estimate of drug-likeness (QED) is 0.911. The van der Waals surface area contributed by atoms with Gasteiger partial charge < -0.3 is 5.32 Å². The van der Waals surface area contributed by atoms with Crippen LogP contribution < -0.4 is 5.32 Å². The van der Waals surface area contributed by atoms with Crippen molar-refractivity contribution in [2.45, 2.75) is 13.5 Å². The van der Waals surface area contributed by atoms with Crippen LogP contribution in [0.15, 0.2) is 58.7 Å². The molecule has 110 valence electrons. The Morgan fingerprint density at radius 3 is 2.14 bits per heavy atom. The highest BCUT2D eigenvalue weighted by molar-refractivity contribution is 9.12. The maximum atomic E-state index is 12.5. The molecular formula is C18H14BrNO2. The molecule has 0 amide bonds. The first-order valence-corrected chi connectivity index (χ1v) is 7.75. The second kappa shape index (κ2) is 5.89. The van der Waals surface area contributed by atoms with E-state index in [0.29, 0.717) is 27.9 Å². The van der Waals surface area contributed by atoms with Gasteiger partial charge in [0.2, 0.25) is 11.6 Å². The Bertz CT molecular complexity index is 791. The molecule has 0 fully saturated rings. The molecule has 2 aromatic rings. The Kier molecular flexibility index (Phi) is 3.94. The van der Waals surface area contributed by atoms with Crippen molar-refractivity contribution in [3.63, 3.8) is 0 Å². The second-order valence-corrected chi connectivity index (χ2v) is 6.02. The number of nitrogens with one attached hydrogen (secondary N) is 1. The zero-order valence-corrected chi connectivity index (χ0v) is 13.6. The zero-order valence-electron chi connectivity index (χ0n) is 12.0. The van der Waals surface area contributed by atoms with Gasteiger partial charge in [0.05, 0.1) is 4.48 Å². The zero-order chi connectivity index (χ0) is 15.7. The number of benzene rings is 2. The molecule has 0 bridgehead atoms. The minimum atomic E-state index is -0.165. The van der Waals surface area contributed by atoms with Gasteiger partial charge in [0, 0.05) is 17.7 Å². The molecule has 0 spiro atoms. The molecule has 4 heteroatoms. The molecule has 0 unspecified atom stereocenters. The molecule has 0 aromatic heterocycles. The number of hydrogen-bond donors (Lipinski definition) is 1. The molecule has 1 aliphatic carbocycles. The molecule has 0 saturated carbocycles. The van der Waals surface area contributed by atoms with Gasteiger partial charge >= 0.3 is 0 Å². The molecule has 2 aromatic carbocycles. The number of fused-ring (bicyclic) bond motifs is 1. The second-order valence-electron chi connectivity index (χ2n) is 5.23. The lowest BCUT2D eigenvalue weighted by Gasteiger charge is -2.19. The van der Waals surface area contributed by atoms with E-state index in [0.717, 1.165) is 5.56 Å². The van der Waals surface area contributed by atoms with Crippen LogP contribution in [0.3, 0.4) is 0 Å². The van der Waals surface area contributed by atoms with E-state index < -0.39 is 0 Å². The number of Topliss-reactive ketones (excluding diaryl/α,β-unsaturated/α-hetero) is 2. The molecule has 0 radical (unpaired) electrons. The molecular weight excluding hydrogens is 342 g/mol. The number of halogens is 1. The maximum Gasteiger partial charge on any atom is 0.210 e. The average molecular weight is 356 g/mol. The third-order valence-corrected chi connectivity index (χ3v) is 4.41. The van der Waals surface area contributed by atoms with Gasteiger partial charge in [-0.2, -0.15) is 0 Å². The van der Waals surface area contributed by atoms with Crippen LogP contribution in [0, 0.1) is 6.92 Å². The minimum absolute atomic E-state index is 0.158. The van der Waals surface area contributed by atoms with Crippen LogP contribution >= 0.6 is 15.9 Å². The maximum absolute atomic E-state index is 12.5. The summed E-state index contributed by atoms with van der Waals surface area (Å²) in [7, 11) is 0. The van der Waals surface area contributed by atoms with Crippen molar-refractivity contribution in [1.29, 1.82) is 0 Å². The van der Waals surface area contributed by atoms with Crippen molar-refractivity contribution in [1.82, 2.24) is 5.32 Å². The number of aryl methyl sites for hydroxylation is 1. The first-order chi connectivity index (χ1) is 10.6. The summed E-state index contributed by atoms with van der Waals surface area (Å²) in [5.41, 5.74) is 3.45. The van der Waals surface area contributed by atoms with E-state index >= 15 is 0 Å². The summed E-state index contributed by atoms with van der Waals surface area (Å²) >= 11 is 3.26. The van der Waals surface area contributed by atoms with E-state index in [1.54, 1.807) is 24.3 Å². The van der Waals surface area contributed by atoms with Gasteiger partial charge in [-0.1, -0.05) is 54.1 Å². The molecule has 3 nitrogen and oxygen atoms in total. The molecule has 1 N–H and O–H groups in total. The number of allylic oxidation sites excluding steroid dienone is 2. The Hall–Kier alpha value is -2.20. The predicted molar refractivity (Wildman–Crippen MR) is 89.1 cm³/mol. The van der Waals surface area contributed by atoms with E-state index in [1.807, 2.05) is 31.2 Å². The fraction of sp³-hybridized carbons (Fsp3) is 0.111. The highest BCUT2D eigenvalue weighted by Gasteiger charge is 2.30. The number of hydrogen-bond acceptors (Lipinski definition) is 3. The van der Waals surface area contributed by atoms with Gasteiger partial charge in [-0.3, -0.25) is 9.59 Å². The number of carbonyl (C=O) groups excluding carboxylic acids is 2. The van der Waals surface area contributed by atoms with Crippen LogP contribution in [-0.4, -0.2) is 11.6 Å². The van der Waals surface area contributed by atoms with Gasteiger partial charge in [0.15, 0.2) is 0 Å². The lowest BCUT2D eigenvalue weighted by atomic mass is 9.92. The van der Waals surface area contributed by atoms with E-state index in [-0.39, 0.29) is 11.6 Å². The first kappa shape index (κ1) is 14.7. The van der Waals surface area contributed by atoms with Gasteiger partial charge in [0.25, 0.3) is 0 Å². The van der Waals surface area contributed by atoms with Crippen molar-refractivity contribution < 1.29 is 9.59 Å². The fourth-order valence-electron chi connectivity index (χ4n) is 2.40. The Labute approximate surface area is 137 Å². The monoisotopic (exact) mass is 355 g/mol. The standard InChI is InChI=1S/C18H14BrNO2/c1-11-6-8-12(9-7-11)10-20-16-15(19)17(21)13-4-2-3-5-14(13)18(16)22/h2-9,20H,10H2,1H3. The molecule has 0 saturated heterocycles. The summed E-state index contributed by atoms with van der Waals surface area (Å²) in [5.74, 6) is -0.323. The molecule has 1 aliphatic rings. The SMILES string of the molecule is Cc1ccc(CNC2=C(Br)C(=O)c3ccccc3C2=O)cc1. The molecule has 22 heavy (non-hydrogen) atoms.